The Morgan fingerprint density at radius 3 is 2.83 bits per heavy atom. The maximum absolute atomic E-state index is 3.68. The molecule has 0 aliphatic carbocycles. The summed E-state index contributed by atoms with van der Waals surface area (Å²) in [6.07, 6.45) is 2.69. The number of rotatable bonds is 4. The Balaban J connectivity index is 1.97. The van der Waals surface area contributed by atoms with Gasteiger partial charge in [0.2, 0.25) is 0 Å². The second-order valence-corrected chi connectivity index (χ2v) is 8.62. The van der Waals surface area contributed by atoms with Crippen molar-refractivity contribution in [1.29, 1.82) is 0 Å². The van der Waals surface area contributed by atoms with Crippen LogP contribution in [0.15, 0.2) is 27.1 Å². The quantitative estimate of drug-likeness (QED) is 0.760. The van der Waals surface area contributed by atoms with Gasteiger partial charge in [-0.15, -0.1) is 0 Å². The molecule has 1 nitrogen and oxygen atoms in total. The summed E-state index contributed by atoms with van der Waals surface area (Å²) in [5.74, 6) is 1.31. The molecule has 2 unspecified atom stereocenters. The van der Waals surface area contributed by atoms with Gasteiger partial charge in [0.1, 0.15) is 0 Å². The number of benzene rings is 1. The largest absolute Gasteiger partial charge is 0.309 e. The lowest BCUT2D eigenvalue weighted by Gasteiger charge is -2.26. The molecular weight excluding hydrogens is 374 g/mol. The highest BCUT2D eigenvalue weighted by Crippen LogP contribution is 2.37. The predicted octanol–water partition coefficient (Wildman–Crippen LogP) is 5.15. The predicted molar refractivity (Wildman–Crippen MR) is 88.4 cm³/mol. The zero-order valence-corrected chi connectivity index (χ0v) is 14.8. The average Bonchev–Trinajstić information content (AvgIpc) is 2.74. The van der Waals surface area contributed by atoms with Gasteiger partial charge < -0.3 is 5.32 Å². The van der Waals surface area contributed by atoms with E-state index < -0.39 is 0 Å². The van der Waals surface area contributed by atoms with Gasteiger partial charge in [-0.3, -0.25) is 0 Å². The van der Waals surface area contributed by atoms with Gasteiger partial charge in [-0.1, -0.05) is 37.9 Å². The highest BCUT2D eigenvalue weighted by molar-refractivity contribution is 9.11. The van der Waals surface area contributed by atoms with Gasteiger partial charge in [-0.05, 0) is 50.1 Å². The molecule has 1 fully saturated rings. The Labute approximate surface area is 131 Å². The maximum atomic E-state index is 3.68. The minimum absolute atomic E-state index is 0.380. The number of hydrogen-bond acceptors (Lipinski definition) is 2. The number of hydrogen-bond donors (Lipinski definition) is 1. The molecule has 2 atom stereocenters. The highest BCUT2D eigenvalue weighted by atomic mass is 79.9. The van der Waals surface area contributed by atoms with Crippen LogP contribution in [-0.4, -0.2) is 17.0 Å². The molecule has 1 heterocycles. The standard InChI is InChI=1S/C14H19Br2NS/c1-10(12-5-4-11(15)8-13(12)16)17-9-14(2)6-3-7-18-14/h4-5,8,10,17H,3,6-7,9H2,1-2H3. The third-order valence-corrected chi connectivity index (χ3v) is 6.23. The van der Waals surface area contributed by atoms with Gasteiger partial charge in [0.15, 0.2) is 0 Å². The third kappa shape index (κ3) is 3.75. The van der Waals surface area contributed by atoms with Crippen LogP contribution < -0.4 is 5.32 Å². The van der Waals surface area contributed by atoms with Crippen molar-refractivity contribution in [1.82, 2.24) is 5.32 Å². The molecule has 4 heteroatoms. The van der Waals surface area contributed by atoms with Crippen LogP contribution in [0.2, 0.25) is 0 Å². The zero-order valence-electron chi connectivity index (χ0n) is 10.8. The van der Waals surface area contributed by atoms with Crippen LogP contribution in [0.5, 0.6) is 0 Å². The first kappa shape index (κ1) is 14.9. The van der Waals surface area contributed by atoms with E-state index in [-0.39, 0.29) is 0 Å². The van der Waals surface area contributed by atoms with Crippen LogP contribution in [0.4, 0.5) is 0 Å². The summed E-state index contributed by atoms with van der Waals surface area (Å²) in [7, 11) is 0. The van der Waals surface area contributed by atoms with Crippen LogP contribution >= 0.6 is 43.6 Å². The van der Waals surface area contributed by atoms with Crippen molar-refractivity contribution in [3.63, 3.8) is 0 Å². The number of halogens is 2. The summed E-state index contributed by atoms with van der Waals surface area (Å²) in [5, 5.41) is 3.68. The SMILES string of the molecule is CC(NCC1(C)CCCS1)c1ccc(Br)cc1Br. The van der Waals surface area contributed by atoms with Crippen molar-refractivity contribution in [2.24, 2.45) is 0 Å². The lowest BCUT2D eigenvalue weighted by molar-refractivity contribution is 0.489. The van der Waals surface area contributed by atoms with Gasteiger partial charge >= 0.3 is 0 Å². The molecule has 1 aliphatic heterocycles. The minimum Gasteiger partial charge on any atom is -0.309 e. The monoisotopic (exact) mass is 391 g/mol. The molecule has 100 valence electrons. The van der Waals surface area contributed by atoms with Gasteiger partial charge in [0.05, 0.1) is 0 Å². The van der Waals surface area contributed by atoms with Crippen molar-refractivity contribution in [3.05, 3.63) is 32.7 Å². The van der Waals surface area contributed by atoms with Gasteiger partial charge in [0, 0.05) is 26.3 Å². The fourth-order valence-electron chi connectivity index (χ4n) is 2.31. The summed E-state index contributed by atoms with van der Waals surface area (Å²) < 4.78 is 2.71. The summed E-state index contributed by atoms with van der Waals surface area (Å²) in [4.78, 5) is 0. The molecule has 0 aromatic heterocycles. The Hall–Kier alpha value is 0.490. The molecule has 0 radical (unpaired) electrons. The summed E-state index contributed by atoms with van der Waals surface area (Å²) in [5.41, 5.74) is 1.32. The zero-order chi connectivity index (χ0) is 13.2. The lowest BCUT2D eigenvalue weighted by Crippen LogP contribution is -2.34. The van der Waals surface area contributed by atoms with Gasteiger partial charge in [-0.25, -0.2) is 0 Å². The molecule has 2 rings (SSSR count). The molecule has 1 aromatic carbocycles. The summed E-state index contributed by atoms with van der Waals surface area (Å²) in [6.45, 7) is 5.69. The second kappa shape index (κ2) is 6.29. The van der Waals surface area contributed by atoms with Crippen molar-refractivity contribution in [2.75, 3.05) is 12.3 Å². The van der Waals surface area contributed by atoms with Crippen LogP contribution in [0.3, 0.4) is 0 Å². The van der Waals surface area contributed by atoms with Gasteiger partial charge in [-0.2, -0.15) is 11.8 Å². The van der Waals surface area contributed by atoms with Crippen LogP contribution in [0.25, 0.3) is 0 Å². The molecular formula is C14H19Br2NS. The van der Waals surface area contributed by atoms with E-state index in [0.717, 1.165) is 11.0 Å². The Bertz CT molecular complexity index is 416. The second-order valence-electron chi connectivity index (χ2n) is 5.17. The van der Waals surface area contributed by atoms with E-state index in [9.17, 15) is 0 Å². The van der Waals surface area contributed by atoms with Crippen LogP contribution in [-0.2, 0) is 0 Å². The van der Waals surface area contributed by atoms with Crippen molar-refractivity contribution < 1.29 is 0 Å². The van der Waals surface area contributed by atoms with E-state index in [2.05, 4.69) is 81.0 Å². The molecule has 1 aromatic rings. The smallest absolute Gasteiger partial charge is 0.0303 e. The van der Waals surface area contributed by atoms with E-state index in [1.807, 2.05) is 0 Å². The average molecular weight is 393 g/mol. The molecule has 0 saturated carbocycles. The minimum atomic E-state index is 0.380. The number of nitrogens with one attached hydrogen (secondary N) is 1. The van der Waals surface area contributed by atoms with Crippen molar-refractivity contribution in [3.8, 4) is 0 Å². The normalized spacial score (nSPS) is 25.3. The third-order valence-electron chi connectivity index (χ3n) is 3.51. The summed E-state index contributed by atoms with van der Waals surface area (Å²) in [6, 6.07) is 6.77. The summed E-state index contributed by atoms with van der Waals surface area (Å²) >= 11 is 9.24. The molecule has 1 N–H and O–H groups in total. The first-order valence-electron chi connectivity index (χ1n) is 6.32. The molecule has 18 heavy (non-hydrogen) atoms. The topological polar surface area (TPSA) is 12.0 Å². The van der Waals surface area contributed by atoms with E-state index in [1.165, 1.54) is 28.6 Å². The van der Waals surface area contributed by atoms with Crippen LogP contribution in [0.1, 0.15) is 38.3 Å². The fourth-order valence-corrected chi connectivity index (χ4v) is 4.95. The molecule has 1 aliphatic rings. The Morgan fingerprint density at radius 2 is 2.22 bits per heavy atom. The molecule has 0 bridgehead atoms. The Morgan fingerprint density at radius 1 is 1.44 bits per heavy atom. The lowest BCUT2D eigenvalue weighted by atomic mass is 10.0. The first-order valence-corrected chi connectivity index (χ1v) is 8.90. The van der Waals surface area contributed by atoms with Crippen LogP contribution in [0, 0.1) is 0 Å². The molecule has 0 amide bonds. The van der Waals surface area contributed by atoms with E-state index in [0.29, 0.717) is 10.8 Å². The molecule has 0 spiro atoms. The Kier molecular flexibility index (Phi) is 5.21. The van der Waals surface area contributed by atoms with Crippen molar-refractivity contribution >= 4 is 43.6 Å². The molecule has 1 saturated heterocycles. The van der Waals surface area contributed by atoms with E-state index in [4.69, 9.17) is 0 Å². The highest BCUT2D eigenvalue weighted by Gasteiger charge is 2.29. The van der Waals surface area contributed by atoms with E-state index >= 15 is 0 Å². The van der Waals surface area contributed by atoms with Crippen molar-refractivity contribution in [2.45, 2.75) is 37.5 Å². The number of thioether (sulfide) groups is 1. The van der Waals surface area contributed by atoms with E-state index in [1.54, 1.807) is 0 Å². The fraction of sp³-hybridized carbons (Fsp3) is 0.571. The maximum Gasteiger partial charge on any atom is 0.0303 e. The van der Waals surface area contributed by atoms with Gasteiger partial charge in [0.25, 0.3) is 0 Å². The first-order chi connectivity index (χ1) is 8.50.